The Kier molecular flexibility index (Phi) is 6.95. The van der Waals surface area contributed by atoms with Gasteiger partial charge in [0.1, 0.15) is 0 Å². The fourth-order valence-corrected chi connectivity index (χ4v) is 2.67. The smallest absolute Gasteiger partial charge is 0.254 e. The van der Waals surface area contributed by atoms with Gasteiger partial charge in [-0.3, -0.25) is 8.37 Å². The highest BCUT2D eigenvalue weighted by atomic mass is 32.3. The Bertz CT molecular complexity index is 402. The third kappa shape index (κ3) is 6.62. The Morgan fingerprint density at radius 2 is 0.760 bits per heavy atom. The van der Waals surface area contributed by atoms with Crippen molar-refractivity contribution in [3.8, 4) is 0 Å². The molecule has 150 valence electrons. The van der Waals surface area contributed by atoms with Crippen molar-refractivity contribution in [3.05, 3.63) is 24.0 Å². The summed E-state index contributed by atoms with van der Waals surface area (Å²) in [6.07, 6.45) is -34.3. The first-order chi connectivity index (χ1) is 10.8. The highest BCUT2D eigenvalue weighted by Crippen LogP contribution is 2.60. The van der Waals surface area contributed by atoms with Gasteiger partial charge in [-0.2, -0.15) is 52.7 Å². The van der Waals surface area contributed by atoms with Crippen LogP contribution in [0.4, 0.5) is 52.7 Å². The van der Waals surface area contributed by atoms with Crippen LogP contribution in [-0.4, -0.2) is 36.9 Å². The summed E-state index contributed by atoms with van der Waals surface area (Å²) in [6, 6.07) is 0. The molecule has 0 rings (SSSR count). The van der Waals surface area contributed by atoms with Gasteiger partial charge in [0.05, 0.1) is 0 Å². The van der Waals surface area contributed by atoms with Crippen LogP contribution in [0.1, 0.15) is 0 Å². The zero-order valence-corrected chi connectivity index (χ0v) is 12.3. The first-order valence-corrected chi connectivity index (χ1v) is 7.12. The molecule has 15 heteroatoms. The predicted octanol–water partition coefficient (Wildman–Crippen LogP) is 5.93. The minimum atomic E-state index is -6.21. The molecule has 0 spiro atoms. The maximum atomic E-state index is 12.4. The SMILES string of the molecule is C=CS(C=C)(OC(C(F)(F)F)C(F)(F)F)OC(C(F)(F)F)C(F)(F)F. The quantitative estimate of drug-likeness (QED) is 0.496. The van der Waals surface area contributed by atoms with Crippen LogP contribution < -0.4 is 0 Å². The van der Waals surface area contributed by atoms with Gasteiger partial charge < -0.3 is 0 Å². The van der Waals surface area contributed by atoms with Crippen molar-refractivity contribution in [2.45, 2.75) is 36.9 Å². The van der Waals surface area contributed by atoms with Gasteiger partial charge in [0.25, 0.3) is 12.2 Å². The van der Waals surface area contributed by atoms with Gasteiger partial charge in [-0.15, -0.1) is 10.6 Å². The number of halogens is 12. The summed E-state index contributed by atoms with van der Waals surface area (Å²) in [5.41, 5.74) is 0. The van der Waals surface area contributed by atoms with E-state index in [0.717, 1.165) is 0 Å². The van der Waals surface area contributed by atoms with E-state index in [-0.39, 0.29) is 10.8 Å². The minimum Gasteiger partial charge on any atom is -0.254 e. The largest absolute Gasteiger partial charge is 0.425 e. The van der Waals surface area contributed by atoms with Crippen LogP contribution in [-0.2, 0) is 8.37 Å². The van der Waals surface area contributed by atoms with E-state index in [9.17, 15) is 52.7 Å². The summed E-state index contributed by atoms with van der Waals surface area (Å²) < 4.78 is 156. The molecule has 0 aliphatic rings. The fourth-order valence-electron chi connectivity index (χ4n) is 1.14. The number of rotatable bonds is 6. The Labute approximate surface area is 133 Å². The summed E-state index contributed by atoms with van der Waals surface area (Å²) >= 11 is 0. The normalized spacial score (nSPS) is 15.6. The lowest BCUT2D eigenvalue weighted by molar-refractivity contribution is -0.309. The van der Waals surface area contributed by atoms with Gasteiger partial charge in [0.2, 0.25) is 0 Å². The standard InChI is InChI=1S/C10H8F12O2S/c1-3-25(4-2,23-5(7(11,12)13)8(14,15)16)24-6(9(17,18)19)10(20,21)22/h3-6H,1-2H2. The second-order valence-electron chi connectivity index (χ2n) is 4.04. The Balaban J connectivity index is 5.99. The third-order valence-electron chi connectivity index (χ3n) is 2.15. The molecule has 0 radical (unpaired) electrons. The van der Waals surface area contributed by atoms with Gasteiger partial charge in [-0.25, -0.2) is 0 Å². The van der Waals surface area contributed by atoms with Crippen LogP contribution in [0, 0.1) is 0 Å². The molecule has 0 aliphatic heterocycles. The van der Waals surface area contributed by atoms with Gasteiger partial charge in [-0.1, -0.05) is 13.2 Å². The van der Waals surface area contributed by atoms with Crippen molar-refractivity contribution in [3.63, 3.8) is 0 Å². The van der Waals surface area contributed by atoms with Crippen molar-refractivity contribution in [2.24, 2.45) is 0 Å². The van der Waals surface area contributed by atoms with Gasteiger partial charge in [0, 0.05) is 10.8 Å². The van der Waals surface area contributed by atoms with Gasteiger partial charge in [-0.05, 0) is 0 Å². The predicted molar refractivity (Wildman–Crippen MR) is 62.0 cm³/mol. The highest BCUT2D eigenvalue weighted by molar-refractivity contribution is 8.30. The molecule has 0 bridgehead atoms. The lowest BCUT2D eigenvalue weighted by Gasteiger charge is -2.42. The van der Waals surface area contributed by atoms with Crippen LogP contribution in [0.5, 0.6) is 0 Å². The van der Waals surface area contributed by atoms with Crippen LogP contribution in [0.3, 0.4) is 0 Å². The number of alkyl halides is 12. The average Bonchev–Trinajstić information content (AvgIpc) is 2.34. The van der Waals surface area contributed by atoms with E-state index in [1.54, 1.807) is 0 Å². The van der Waals surface area contributed by atoms with E-state index in [2.05, 4.69) is 21.5 Å². The van der Waals surface area contributed by atoms with Crippen molar-refractivity contribution in [1.29, 1.82) is 0 Å². The van der Waals surface area contributed by atoms with E-state index in [1.807, 2.05) is 0 Å². The highest BCUT2D eigenvalue weighted by Gasteiger charge is 2.63. The van der Waals surface area contributed by atoms with Crippen LogP contribution in [0.25, 0.3) is 0 Å². The molecule has 0 heterocycles. The Morgan fingerprint density at radius 3 is 0.880 bits per heavy atom. The molecule has 0 aromatic heterocycles. The topological polar surface area (TPSA) is 18.5 Å². The van der Waals surface area contributed by atoms with Crippen molar-refractivity contribution in [2.75, 3.05) is 0 Å². The summed E-state index contributed by atoms with van der Waals surface area (Å²) in [7, 11) is -4.96. The average molecular weight is 420 g/mol. The molecular weight excluding hydrogens is 412 g/mol. The monoisotopic (exact) mass is 420 g/mol. The third-order valence-corrected chi connectivity index (χ3v) is 4.06. The first kappa shape index (κ1) is 23.9. The second-order valence-corrected chi connectivity index (χ2v) is 6.27. The molecule has 25 heavy (non-hydrogen) atoms. The lowest BCUT2D eigenvalue weighted by atomic mass is 10.3. The van der Waals surface area contributed by atoms with Crippen molar-refractivity contribution in [1.82, 2.24) is 0 Å². The van der Waals surface area contributed by atoms with Crippen molar-refractivity contribution < 1.29 is 61.1 Å². The molecule has 0 saturated heterocycles. The summed E-state index contributed by atoms with van der Waals surface area (Å²) in [5.74, 6) is 0. The molecule has 0 aromatic carbocycles. The maximum Gasteiger partial charge on any atom is 0.425 e. The van der Waals surface area contributed by atoms with Crippen LogP contribution in [0.2, 0.25) is 0 Å². The molecule has 0 atom stereocenters. The Morgan fingerprint density at radius 1 is 0.560 bits per heavy atom. The second kappa shape index (κ2) is 7.26. The number of hydrogen-bond acceptors (Lipinski definition) is 2. The van der Waals surface area contributed by atoms with E-state index in [0.29, 0.717) is 0 Å². The molecule has 0 aliphatic carbocycles. The minimum absolute atomic E-state index is 0.172. The molecule has 0 unspecified atom stereocenters. The molecule has 0 N–H and O–H groups in total. The summed E-state index contributed by atoms with van der Waals surface area (Å²) in [5, 5.41) is -0.343. The fraction of sp³-hybridized carbons (Fsp3) is 0.600. The maximum absolute atomic E-state index is 12.4. The van der Waals surface area contributed by atoms with E-state index in [1.165, 1.54) is 0 Å². The molecular formula is C10H8F12O2S. The zero-order chi connectivity index (χ0) is 20.5. The number of hydrogen-bond donors (Lipinski definition) is 0. The van der Waals surface area contributed by atoms with Crippen molar-refractivity contribution >= 4 is 10.6 Å². The van der Waals surface area contributed by atoms with Gasteiger partial charge in [0.15, 0.2) is 0 Å². The Hall–Kier alpha value is -1.09. The summed E-state index contributed by atoms with van der Waals surface area (Å²) in [4.78, 5) is 0. The molecule has 0 aromatic rings. The van der Waals surface area contributed by atoms with E-state index < -0.39 is 47.5 Å². The molecule has 0 amide bonds. The molecule has 2 nitrogen and oxygen atoms in total. The lowest BCUT2D eigenvalue weighted by Crippen LogP contribution is -2.47. The zero-order valence-electron chi connectivity index (χ0n) is 11.5. The molecule has 0 saturated carbocycles. The summed E-state index contributed by atoms with van der Waals surface area (Å²) in [6.45, 7) is 5.17. The van der Waals surface area contributed by atoms with Crippen LogP contribution >= 0.6 is 10.6 Å². The first-order valence-electron chi connectivity index (χ1n) is 5.52. The molecule has 0 fully saturated rings. The van der Waals surface area contributed by atoms with E-state index in [4.69, 9.17) is 0 Å². The van der Waals surface area contributed by atoms with Gasteiger partial charge >= 0.3 is 24.7 Å². The van der Waals surface area contributed by atoms with E-state index >= 15 is 0 Å². The van der Waals surface area contributed by atoms with Crippen LogP contribution in [0.15, 0.2) is 24.0 Å².